The Bertz CT molecular complexity index is 875. The molecule has 2 nitrogen and oxygen atoms in total. The molecule has 3 rings (SSSR count). The van der Waals surface area contributed by atoms with Crippen LogP contribution in [-0.4, -0.2) is 11.6 Å². The van der Waals surface area contributed by atoms with Crippen LogP contribution in [0.2, 0.25) is 0 Å². The van der Waals surface area contributed by atoms with Crippen molar-refractivity contribution in [1.82, 2.24) is 0 Å². The summed E-state index contributed by atoms with van der Waals surface area (Å²) in [4.78, 5) is 26.7. The summed E-state index contributed by atoms with van der Waals surface area (Å²) in [6, 6.07) is 18.7. The van der Waals surface area contributed by atoms with E-state index in [0.717, 1.165) is 12.8 Å². The van der Waals surface area contributed by atoms with Gasteiger partial charge in [-0.25, -0.2) is 0 Å². The summed E-state index contributed by atoms with van der Waals surface area (Å²) in [5, 5.41) is 0. The van der Waals surface area contributed by atoms with Crippen LogP contribution in [0.4, 0.5) is 0 Å². The molecule has 0 radical (unpaired) electrons. The third kappa shape index (κ3) is 5.41. The number of carbonyl (C=O) groups is 2. The fourth-order valence-corrected chi connectivity index (χ4v) is 4.02. The number of rotatable bonds is 10. The van der Waals surface area contributed by atoms with Gasteiger partial charge in [-0.2, -0.15) is 0 Å². The van der Waals surface area contributed by atoms with E-state index in [1.807, 2.05) is 60.7 Å². The van der Waals surface area contributed by atoms with E-state index < -0.39 is 0 Å². The number of allylic oxidation sites excluding steroid dienone is 4. The Hall–Kier alpha value is -2.74. The quantitative estimate of drug-likeness (QED) is 0.251. The number of hydrogen-bond donors (Lipinski definition) is 0. The maximum Gasteiger partial charge on any atom is 0.190 e. The van der Waals surface area contributed by atoms with Gasteiger partial charge < -0.3 is 0 Å². The third-order valence-electron chi connectivity index (χ3n) is 5.60. The monoisotopic (exact) mass is 386 g/mol. The minimum Gasteiger partial charge on any atom is -0.289 e. The summed E-state index contributed by atoms with van der Waals surface area (Å²) < 4.78 is 0. The maximum atomic E-state index is 13.4. The smallest absolute Gasteiger partial charge is 0.190 e. The zero-order valence-electron chi connectivity index (χ0n) is 17.3. The predicted molar refractivity (Wildman–Crippen MR) is 119 cm³/mol. The summed E-state index contributed by atoms with van der Waals surface area (Å²) in [7, 11) is 0. The van der Waals surface area contributed by atoms with Gasteiger partial charge in [-0.3, -0.25) is 9.59 Å². The average Bonchev–Trinajstić information content (AvgIpc) is 2.79. The van der Waals surface area contributed by atoms with Gasteiger partial charge in [-0.1, -0.05) is 112 Å². The van der Waals surface area contributed by atoms with Crippen LogP contribution in [0.1, 0.15) is 72.6 Å². The SMILES string of the molecule is CCCCCCCC1C=CCC(C(=O)c2ccccc2)=C1C(=O)c1ccccc1. The Morgan fingerprint density at radius 2 is 1.38 bits per heavy atom. The van der Waals surface area contributed by atoms with E-state index in [1.54, 1.807) is 0 Å². The first-order chi connectivity index (χ1) is 14.2. The van der Waals surface area contributed by atoms with Gasteiger partial charge in [-0.15, -0.1) is 0 Å². The van der Waals surface area contributed by atoms with Crippen LogP contribution in [0.3, 0.4) is 0 Å². The van der Waals surface area contributed by atoms with Gasteiger partial charge in [0, 0.05) is 28.2 Å². The number of unbranched alkanes of at least 4 members (excludes halogenated alkanes) is 4. The number of ketones is 2. The molecule has 0 heterocycles. The molecule has 29 heavy (non-hydrogen) atoms. The molecule has 1 aliphatic carbocycles. The highest BCUT2D eigenvalue weighted by atomic mass is 16.1. The fraction of sp³-hybridized carbons (Fsp3) is 0.333. The van der Waals surface area contributed by atoms with Crippen LogP contribution >= 0.6 is 0 Å². The Balaban J connectivity index is 1.91. The Morgan fingerprint density at radius 1 is 0.793 bits per heavy atom. The largest absolute Gasteiger partial charge is 0.289 e. The molecule has 0 N–H and O–H groups in total. The van der Waals surface area contributed by atoms with Gasteiger partial charge in [0.25, 0.3) is 0 Å². The molecule has 1 atom stereocenters. The van der Waals surface area contributed by atoms with Crippen molar-refractivity contribution >= 4 is 11.6 Å². The van der Waals surface area contributed by atoms with Crippen molar-refractivity contribution in [3.05, 3.63) is 95.1 Å². The lowest BCUT2D eigenvalue weighted by atomic mass is 9.78. The van der Waals surface area contributed by atoms with Gasteiger partial charge in [0.05, 0.1) is 0 Å². The molecule has 2 heteroatoms. The summed E-state index contributed by atoms with van der Waals surface area (Å²) in [5.41, 5.74) is 2.67. The molecular formula is C27H30O2. The molecule has 2 aromatic carbocycles. The van der Waals surface area contributed by atoms with Crippen LogP contribution in [0, 0.1) is 5.92 Å². The first-order valence-corrected chi connectivity index (χ1v) is 10.8. The zero-order chi connectivity index (χ0) is 20.5. The lowest BCUT2D eigenvalue weighted by Gasteiger charge is -2.24. The summed E-state index contributed by atoms with van der Waals surface area (Å²) in [6.45, 7) is 2.21. The van der Waals surface area contributed by atoms with E-state index in [2.05, 4.69) is 19.1 Å². The number of hydrogen-bond acceptors (Lipinski definition) is 2. The van der Waals surface area contributed by atoms with Crippen molar-refractivity contribution in [3.8, 4) is 0 Å². The second kappa shape index (κ2) is 10.7. The molecule has 150 valence electrons. The Labute approximate surface area is 174 Å². The van der Waals surface area contributed by atoms with Gasteiger partial charge in [0.1, 0.15) is 0 Å². The molecule has 0 fully saturated rings. The van der Waals surface area contributed by atoms with Crippen molar-refractivity contribution in [2.24, 2.45) is 5.92 Å². The Kier molecular flexibility index (Phi) is 7.75. The van der Waals surface area contributed by atoms with Crippen LogP contribution in [-0.2, 0) is 0 Å². The van der Waals surface area contributed by atoms with E-state index in [0.29, 0.717) is 28.7 Å². The number of benzene rings is 2. The molecule has 0 bridgehead atoms. The van der Waals surface area contributed by atoms with Crippen molar-refractivity contribution in [2.75, 3.05) is 0 Å². The lowest BCUT2D eigenvalue weighted by Crippen LogP contribution is -2.21. The topological polar surface area (TPSA) is 34.1 Å². The highest BCUT2D eigenvalue weighted by molar-refractivity contribution is 6.18. The van der Waals surface area contributed by atoms with Gasteiger partial charge in [-0.05, 0) is 12.8 Å². The molecule has 2 aromatic rings. The van der Waals surface area contributed by atoms with Crippen molar-refractivity contribution < 1.29 is 9.59 Å². The molecule has 1 aliphatic rings. The van der Waals surface area contributed by atoms with Crippen LogP contribution < -0.4 is 0 Å². The van der Waals surface area contributed by atoms with Crippen LogP contribution in [0.25, 0.3) is 0 Å². The average molecular weight is 387 g/mol. The molecule has 0 spiro atoms. The molecule has 0 saturated heterocycles. The van der Waals surface area contributed by atoms with Gasteiger partial charge in [0.2, 0.25) is 0 Å². The minimum atomic E-state index is -0.0229. The number of carbonyl (C=O) groups excluding carboxylic acids is 2. The minimum absolute atomic E-state index is 0.00668. The maximum absolute atomic E-state index is 13.4. The van der Waals surface area contributed by atoms with E-state index in [-0.39, 0.29) is 17.5 Å². The summed E-state index contributed by atoms with van der Waals surface area (Å²) in [5.74, 6) is -0.0150. The Morgan fingerprint density at radius 3 is 2.00 bits per heavy atom. The van der Waals surface area contributed by atoms with Crippen molar-refractivity contribution in [3.63, 3.8) is 0 Å². The molecule has 0 aromatic heterocycles. The van der Waals surface area contributed by atoms with Gasteiger partial charge in [0.15, 0.2) is 11.6 Å². The molecular weight excluding hydrogens is 356 g/mol. The van der Waals surface area contributed by atoms with Crippen LogP contribution in [0.15, 0.2) is 84.0 Å². The highest BCUT2D eigenvalue weighted by Gasteiger charge is 2.29. The first-order valence-electron chi connectivity index (χ1n) is 10.8. The molecule has 0 amide bonds. The number of Topliss-reactive ketones (excluding diaryl/α,β-unsaturated/α-hetero) is 2. The second-order valence-electron chi connectivity index (χ2n) is 7.72. The molecule has 0 saturated carbocycles. The van der Waals surface area contributed by atoms with E-state index >= 15 is 0 Å². The third-order valence-corrected chi connectivity index (χ3v) is 5.60. The fourth-order valence-electron chi connectivity index (χ4n) is 4.02. The van der Waals surface area contributed by atoms with Crippen molar-refractivity contribution in [2.45, 2.75) is 51.9 Å². The van der Waals surface area contributed by atoms with Crippen LogP contribution in [0.5, 0.6) is 0 Å². The summed E-state index contributed by atoms with van der Waals surface area (Å²) >= 11 is 0. The predicted octanol–water partition coefficient (Wildman–Crippen LogP) is 6.99. The zero-order valence-corrected chi connectivity index (χ0v) is 17.3. The lowest BCUT2D eigenvalue weighted by molar-refractivity contribution is 0.0988. The first kappa shape index (κ1) is 21.0. The normalized spacial score (nSPS) is 16.1. The molecule has 1 unspecified atom stereocenters. The highest BCUT2D eigenvalue weighted by Crippen LogP contribution is 2.33. The van der Waals surface area contributed by atoms with E-state index in [1.165, 1.54) is 25.7 Å². The van der Waals surface area contributed by atoms with Crippen molar-refractivity contribution in [1.29, 1.82) is 0 Å². The summed E-state index contributed by atoms with van der Waals surface area (Å²) in [6.07, 6.45) is 11.6. The standard InChI is InChI=1S/C27H30O2/c1-2-3-4-5-8-14-21-19-13-20-24(26(28)22-15-9-6-10-16-22)25(21)27(29)23-17-11-7-12-18-23/h6-7,9-13,15-19,21H,2-5,8,14,20H2,1H3. The molecule has 0 aliphatic heterocycles. The van der Waals surface area contributed by atoms with E-state index in [9.17, 15) is 9.59 Å². The van der Waals surface area contributed by atoms with Gasteiger partial charge >= 0.3 is 0 Å². The van der Waals surface area contributed by atoms with E-state index in [4.69, 9.17) is 0 Å². The second-order valence-corrected chi connectivity index (χ2v) is 7.72.